The number of nitrogens with one attached hydrogen (secondary N) is 1. The van der Waals surface area contributed by atoms with Gasteiger partial charge in [-0.2, -0.15) is 5.26 Å². The Morgan fingerprint density at radius 2 is 1.85 bits per heavy atom. The molecule has 1 amide bonds. The minimum Gasteiger partial charge on any atom is -0.496 e. The lowest BCUT2D eigenvalue weighted by atomic mass is 10.2. The quantitative estimate of drug-likeness (QED) is 0.747. The SMILES string of the molecule is COc1ccccc1CNC(=O)CCN(c1ccccc1C#N)S(C)(=O)=O. The van der Waals surface area contributed by atoms with Crippen molar-refractivity contribution >= 4 is 21.6 Å². The van der Waals surface area contributed by atoms with Gasteiger partial charge in [0.1, 0.15) is 11.8 Å². The van der Waals surface area contributed by atoms with E-state index in [1.54, 1.807) is 31.4 Å². The summed E-state index contributed by atoms with van der Waals surface area (Å²) in [6.07, 6.45) is 1.01. The normalized spacial score (nSPS) is 10.7. The second kappa shape index (κ2) is 9.05. The number of nitrogens with zero attached hydrogens (tertiary/aromatic N) is 2. The highest BCUT2D eigenvalue weighted by Gasteiger charge is 2.21. The van der Waals surface area contributed by atoms with Crippen LogP contribution in [-0.2, 0) is 21.4 Å². The van der Waals surface area contributed by atoms with Crippen molar-refractivity contribution in [3.8, 4) is 11.8 Å². The number of benzene rings is 2. The fourth-order valence-electron chi connectivity index (χ4n) is 2.58. The van der Waals surface area contributed by atoms with E-state index in [0.717, 1.165) is 16.1 Å². The van der Waals surface area contributed by atoms with Crippen LogP contribution in [0.4, 0.5) is 5.69 Å². The molecule has 2 aromatic carbocycles. The van der Waals surface area contributed by atoms with Gasteiger partial charge in [-0.1, -0.05) is 30.3 Å². The molecule has 8 heteroatoms. The molecule has 0 fully saturated rings. The topological polar surface area (TPSA) is 99.5 Å². The predicted molar refractivity (Wildman–Crippen MR) is 103 cm³/mol. The zero-order valence-electron chi connectivity index (χ0n) is 15.2. The van der Waals surface area contributed by atoms with Crippen molar-refractivity contribution in [2.24, 2.45) is 0 Å². The highest BCUT2D eigenvalue weighted by molar-refractivity contribution is 7.92. The maximum atomic E-state index is 12.2. The van der Waals surface area contributed by atoms with E-state index in [4.69, 9.17) is 4.74 Å². The number of hydrogen-bond acceptors (Lipinski definition) is 5. The zero-order chi connectivity index (χ0) is 19.9. The highest BCUT2D eigenvalue weighted by Crippen LogP contribution is 2.22. The van der Waals surface area contributed by atoms with E-state index in [-0.39, 0.29) is 36.7 Å². The molecule has 27 heavy (non-hydrogen) atoms. The Kier molecular flexibility index (Phi) is 6.79. The van der Waals surface area contributed by atoms with Crippen LogP contribution in [0, 0.1) is 11.3 Å². The first-order valence-corrected chi connectivity index (χ1v) is 10.1. The second-order valence-electron chi connectivity index (χ2n) is 5.80. The van der Waals surface area contributed by atoms with Gasteiger partial charge in [-0.25, -0.2) is 8.42 Å². The molecule has 0 saturated heterocycles. The molecule has 0 heterocycles. The molecule has 0 aliphatic rings. The molecule has 0 radical (unpaired) electrons. The Hall–Kier alpha value is -3.05. The molecule has 0 bridgehead atoms. The van der Waals surface area contributed by atoms with Gasteiger partial charge in [0.05, 0.1) is 24.6 Å². The smallest absolute Gasteiger partial charge is 0.232 e. The summed E-state index contributed by atoms with van der Waals surface area (Å²) in [4.78, 5) is 12.2. The number of hydrogen-bond donors (Lipinski definition) is 1. The van der Waals surface area contributed by atoms with Gasteiger partial charge in [-0.3, -0.25) is 9.10 Å². The molecule has 0 saturated carbocycles. The fourth-order valence-corrected chi connectivity index (χ4v) is 3.52. The van der Waals surface area contributed by atoms with Crippen LogP contribution >= 0.6 is 0 Å². The summed E-state index contributed by atoms with van der Waals surface area (Å²) in [7, 11) is -2.09. The molecular weight excluding hydrogens is 366 g/mol. The summed E-state index contributed by atoms with van der Waals surface area (Å²) in [6.45, 7) is 0.214. The number of para-hydroxylation sites is 2. The molecule has 0 spiro atoms. The van der Waals surface area contributed by atoms with Gasteiger partial charge in [0.25, 0.3) is 0 Å². The first kappa shape index (κ1) is 20.3. The van der Waals surface area contributed by atoms with E-state index in [1.165, 1.54) is 6.07 Å². The number of ether oxygens (including phenoxy) is 1. The summed E-state index contributed by atoms with van der Waals surface area (Å²) in [5, 5.41) is 12.0. The molecule has 142 valence electrons. The van der Waals surface area contributed by atoms with Crippen molar-refractivity contribution < 1.29 is 17.9 Å². The van der Waals surface area contributed by atoms with Crippen LogP contribution in [0.15, 0.2) is 48.5 Å². The van der Waals surface area contributed by atoms with Crippen LogP contribution in [0.2, 0.25) is 0 Å². The minimum absolute atomic E-state index is 0.0397. The number of methoxy groups -OCH3 is 1. The number of sulfonamides is 1. The standard InChI is InChI=1S/C19H21N3O4S/c1-26-18-10-6-4-8-16(18)14-21-19(23)11-12-22(27(2,24)25)17-9-5-3-7-15(17)13-20/h3-10H,11-12,14H2,1-2H3,(H,21,23). The van der Waals surface area contributed by atoms with E-state index in [1.807, 2.05) is 24.3 Å². The molecule has 1 N–H and O–H groups in total. The van der Waals surface area contributed by atoms with Gasteiger partial charge in [0.15, 0.2) is 0 Å². The monoisotopic (exact) mass is 387 g/mol. The largest absolute Gasteiger partial charge is 0.496 e. The molecule has 2 aromatic rings. The van der Waals surface area contributed by atoms with Gasteiger partial charge in [0, 0.05) is 25.1 Å². The van der Waals surface area contributed by atoms with Crippen molar-refractivity contribution in [2.75, 3.05) is 24.2 Å². The lowest BCUT2D eigenvalue weighted by Gasteiger charge is -2.23. The fraction of sp³-hybridized carbons (Fsp3) is 0.263. The number of nitriles is 1. The highest BCUT2D eigenvalue weighted by atomic mass is 32.2. The summed E-state index contributed by atoms with van der Waals surface area (Å²) < 4.78 is 30.6. The van der Waals surface area contributed by atoms with Crippen LogP contribution in [0.3, 0.4) is 0 Å². The first-order valence-electron chi connectivity index (χ1n) is 8.22. The van der Waals surface area contributed by atoms with Crippen molar-refractivity contribution in [2.45, 2.75) is 13.0 Å². The first-order chi connectivity index (χ1) is 12.9. The number of amides is 1. The van der Waals surface area contributed by atoms with Gasteiger partial charge in [0.2, 0.25) is 15.9 Å². The maximum Gasteiger partial charge on any atom is 0.232 e. The van der Waals surface area contributed by atoms with Crippen LogP contribution in [0.5, 0.6) is 5.75 Å². The van der Waals surface area contributed by atoms with Crippen molar-refractivity contribution in [1.82, 2.24) is 5.32 Å². The third-order valence-electron chi connectivity index (χ3n) is 3.90. The Morgan fingerprint density at radius 1 is 1.19 bits per heavy atom. The maximum absolute atomic E-state index is 12.2. The van der Waals surface area contributed by atoms with Crippen LogP contribution in [0.1, 0.15) is 17.5 Å². The van der Waals surface area contributed by atoms with Crippen LogP contribution in [0.25, 0.3) is 0 Å². The molecule has 2 rings (SSSR count). The Labute approximate surface area is 159 Å². The molecule has 0 aliphatic heterocycles. The predicted octanol–water partition coefficient (Wildman–Crippen LogP) is 2.04. The summed E-state index contributed by atoms with van der Waals surface area (Å²) in [5.41, 5.74) is 1.32. The average Bonchev–Trinajstić information content (AvgIpc) is 2.66. The van der Waals surface area contributed by atoms with Crippen LogP contribution in [-0.4, -0.2) is 34.2 Å². The van der Waals surface area contributed by atoms with Gasteiger partial charge in [-0.15, -0.1) is 0 Å². The number of anilines is 1. The van der Waals surface area contributed by atoms with Crippen molar-refractivity contribution in [3.63, 3.8) is 0 Å². The minimum atomic E-state index is -3.64. The average molecular weight is 387 g/mol. The molecule has 0 aliphatic carbocycles. The van der Waals surface area contributed by atoms with Gasteiger partial charge in [-0.05, 0) is 18.2 Å². The molecule has 0 atom stereocenters. The van der Waals surface area contributed by atoms with Crippen molar-refractivity contribution in [3.05, 3.63) is 59.7 Å². The third-order valence-corrected chi connectivity index (χ3v) is 5.08. The van der Waals surface area contributed by atoms with E-state index in [9.17, 15) is 18.5 Å². The number of carbonyl (C=O) groups excluding carboxylic acids is 1. The van der Waals surface area contributed by atoms with E-state index >= 15 is 0 Å². The second-order valence-corrected chi connectivity index (χ2v) is 7.71. The van der Waals surface area contributed by atoms with Gasteiger partial charge < -0.3 is 10.1 Å². The Balaban J connectivity index is 2.05. The summed E-state index contributed by atoms with van der Waals surface area (Å²) >= 11 is 0. The number of rotatable bonds is 8. The van der Waals surface area contributed by atoms with Crippen LogP contribution < -0.4 is 14.4 Å². The molecule has 0 unspecified atom stereocenters. The van der Waals surface area contributed by atoms with Gasteiger partial charge >= 0.3 is 0 Å². The number of carbonyl (C=O) groups is 1. The molecule has 0 aromatic heterocycles. The Bertz CT molecular complexity index is 951. The van der Waals surface area contributed by atoms with Crippen molar-refractivity contribution in [1.29, 1.82) is 5.26 Å². The molecular formula is C19H21N3O4S. The Morgan fingerprint density at radius 3 is 2.52 bits per heavy atom. The zero-order valence-corrected chi connectivity index (χ0v) is 16.0. The third kappa shape index (κ3) is 5.46. The lowest BCUT2D eigenvalue weighted by Crippen LogP contribution is -2.35. The van der Waals surface area contributed by atoms with E-state index in [2.05, 4.69) is 5.32 Å². The summed E-state index contributed by atoms with van der Waals surface area (Å²) in [6, 6.07) is 15.7. The lowest BCUT2D eigenvalue weighted by molar-refractivity contribution is -0.121. The molecule has 7 nitrogen and oxygen atoms in total. The van der Waals surface area contributed by atoms with E-state index in [0.29, 0.717) is 5.75 Å². The van der Waals surface area contributed by atoms with E-state index < -0.39 is 10.0 Å². The summed E-state index contributed by atoms with van der Waals surface area (Å²) in [5.74, 6) is 0.363.